The van der Waals surface area contributed by atoms with Crippen LogP contribution < -0.4 is 17.0 Å². The van der Waals surface area contributed by atoms with E-state index >= 15 is 0 Å². The second-order valence-electron chi connectivity index (χ2n) is 5.96. The van der Waals surface area contributed by atoms with Crippen molar-refractivity contribution in [2.75, 3.05) is 0 Å². The summed E-state index contributed by atoms with van der Waals surface area (Å²) in [6, 6.07) is 6.63. The molecule has 21 heavy (non-hydrogen) atoms. The summed E-state index contributed by atoms with van der Waals surface area (Å²) in [5.74, 6) is 0. The summed E-state index contributed by atoms with van der Waals surface area (Å²) >= 11 is 0. The van der Waals surface area contributed by atoms with Gasteiger partial charge in [0.1, 0.15) is 6.54 Å². The molecule has 0 unspecified atom stereocenters. The maximum Gasteiger partial charge on any atom is 0.181 e. The Morgan fingerprint density at radius 3 is 2.05 bits per heavy atom. The van der Waals surface area contributed by atoms with E-state index in [1.54, 1.807) is 0 Å². The van der Waals surface area contributed by atoms with E-state index in [1.165, 1.54) is 82.9 Å². The predicted molar refractivity (Wildman–Crippen MR) is 87.9 cm³/mol. The quantitative estimate of drug-likeness (QED) is 0.412. The Labute approximate surface area is 138 Å². The Bertz CT molecular complexity index is 338. The largest absolute Gasteiger partial charge is 1.00 e. The molecule has 0 saturated carbocycles. The van der Waals surface area contributed by atoms with Gasteiger partial charge in [-0.05, 0) is 12.8 Å². The summed E-state index contributed by atoms with van der Waals surface area (Å²) in [5, 5.41) is 0. The van der Waals surface area contributed by atoms with Gasteiger partial charge in [0.2, 0.25) is 0 Å². The van der Waals surface area contributed by atoms with Crippen molar-refractivity contribution in [3.8, 4) is 0 Å². The Morgan fingerprint density at radius 1 is 0.762 bits per heavy atom. The Balaban J connectivity index is 0.00000400. The van der Waals surface area contributed by atoms with Gasteiger partial charge in [-0.3, -0.25) is 0 Å². The molecular formula is C19H34ClN. The second-order valence-corrected chi connectivity index (χ2v) is 5.96. The number of aromatic nitrogens is 1. The zero-order valence-corrected chi connectivity index (χ0v) is 14.9. The number of rotatable bonds is 12. The van der Waals surface area contributed by atoms with Gasteiger partial charge >= 0.3 is 0 Å². The molecule has 0 amide bonds. The van der Waals surface area contributed by atoms with Crippen LogP contribution >= 0.6 is 0 Å². The number of pyridine rings is 1. The highest BCUT2D eigenvalue weighted by Gasteiger charge is 2.07. The molecule has 0 bridgehead atoms. The fourth-order valence-corrected chi connectivity index (χ4v) is 2.73. The summed E-state index contributed by atoms with van der Waals surface area (Å²) < 4.78 is 2.47. The van der Waals surface area contributed by atoms with Gasteiger partial charge in [-0.25, -0.2) is 4.57 Å². The van der Waals surface area contributed by atoms with Crippen LogP contribution in [0.1, 0.15) is 83.7 Å². The molecule has 0 aliphatic heterocycles. The van der Waals surface area contributed by atoms with Gasteiger partial charge in [0.05, 0.1) is 0 Å². The molecule has 0 aromatic carbocycles. The first kappa shape index (κ1) is 20.4. The van der Waals surface area contributed by atoms with Crippen LogP contribution in [0.2, 0.25) is 0 Å². The molecule has 0 atom stereocenters. The minimum absolute atomic E-state index is 0. The van der Waals surface area contributed by atoms with Crippen LogP contribution in [0.15, 0.2) is 24.4 Å². The zero-order chi connectivity index (χ0) is 14.5. The van der Waals surface area contributed by atoms with Gasteiger partial charge < -0.3 is 12.4 Å². The predicted octanol–water partition coefficient (Wildman–Crippen LogP) is 2.46. The topological polar surface area (TPSA) is 3.88 Å². The van der Waals surface area contributed by atoms with Crippen molar-refractivity contribution in [2.45, 2.75) is 91.0 Å². The number of unbranched alkanes of at least 4 members (excludes halogenated alkanes) is 8. The Morgan fingerprint density at radius 2 is 1.38 bits per heavy atom. The summed E-state index contributed by atoms with van der Waals surface area (Å²) in [4.78, 5) is 0. The van der Waals surface area contributed by atoms with E-state index < -0.39 is 0 Å². The first-order valence-corrected chi connectivity index (χ1v) is 8.85. The first-order chi connectivity index (χ1) is 9.88. The smallest absolute Gasteiger partial charge is 0.181 e. The molecule has 0 aliphatic carbocycles. The number of aryl methyl sites for hydroxylation is 2. The third-order valence-electron chi connectivity index (χ3n) is 4.07. The van der Waals surface area contributed by atoms with Crippen LogP contribution in [-0.4, -0.2) is 0 Å². The minimum Gasteiger partial charge on any atom is -1.00 e. The highest BCUT2D eigenvalue weighted by atomic mass is 35.5. The lowest BCUT2D eigenvalue weighted by Crippen LogP contribution is -3.00. The third kappa shape index (κ3) is 9.90. The Hall–Kier alpha value is -0.560. The third-order valence-corrected chi connectivity index (χ3v) is 4.07. The van der Waals surface area contributed by atoms with Crippen molar-refractivity contribution in [1.29, 1.82) is 0 Å². The van der Waals surface area contributed by atoms with Gasteiger partial charge in [-0.1, -0.05) is 64.9 Å². The Kier molecular flexibility index (Phi) is 14.0. The van der Waals surface area contributed by atoms with E-state index in [-0.39, 0.29) is 12.4 Å². The van der Waals surface area contributed by atoms with E-state index in [0.29, 0.717) is 0 Å². The molecule has 1 aromatic rings. The van der Waals surface area contributed by atoms with Gasteiger partial charge in [0.25, 0.3) is 0 Å². The van der Waals surface area contributed by atoms with Crippen LogP contribution in [0.4, 0.5) is 0 Å². The van der Waals surface area contributed by atoms with Crippen LogP contribution in [0, 0.1) is 0 Å². The van der Waals surface area contributed by atoms with Crippen LogP contribution in [0.3, 0.4) is 0 Å². The molecule has 0 aliphatic rings. The summed E-state index contributed by atoms with van der Waals surface area (Å²) in [6.45, 7) is 5.76. The standard InChI is InChI=1S/C19H34N.ClH/c1-3-5-7-8-9-10-11-13-17-20-18-14-12-16-19(20)15-6-4-2;/h12,14,16,18H,3-11,13,15,17H2,1-2H3;1H/q+1;/p-1. The highest BCUT2D eigenvalue weighted by molar-refractivity contribution is 4.97. The normalized spacial score (nSPS) is 10.4. The zero-order valence-electron chi connectivity index (χ0n) is 14.1. The second kappa shape index (κ2) is 14.4. The molecule has 0 spiro atoms. The summed E-state index contributed by atoms with van der Waals surface area (Å²) in [5.41, 5.74) is 1.51. The average Bonchev–Trinajstić information content (AvgIpc) is 2.49. The molecule has 0 saturated heterocycles. The number of nitrogens with zero attached hydrogens (tertiary/aromatic N) is 1. The molecule has 1 aromatic heterocycles. The summed E-state index contributed by atoms with van der Waals surface area (Å²) in [6.07, 6.45) is 17.3. The monoisotopic (exact) mass is 311 g/mol. The van der Waals surface area contributed by atoms with Crippen LogP contribution in [-0.2, 0) is 13.0 Å². The fourth-order valence-electron chi connectivity index (χ4n) is 2.73. The molecule has 1 nitrogen and oxygen atoms in total. The van der Waals surface area contributed by atoms with Crippen LogP contribution in [0.25, 0.3) is 0 Å². The van der Waals surface area contributed by atoms with Crippen molar-refractivity contribution < 1.29 is 17.0 Å². The minimum atomic E-state index is 0. The van der Waals surface area contributed by atoms with Crippen molar-refractivity contribution in [3.05, 3.63) is 30.1 Å². The highest BCUT2D eigenvalue weighted by Crippen LogP contribution is 2.08. The van der Waals surface area contributed by atoms with E-state index in [9.17, 15) is 0 Å². The molecule has 1 rings (SSSR count). The van der Waals surface area contributed by atoms with Gasteiger partial charge in [0.15, 0.2) is 11.9 Å². The maximum absolute atomic E-state index is 2.47. The SMILES string of the molecule is CCCCCCCCCC[n+]1ccccc1CCCC.[Cl-]. The van der Waals surface area contributed by atoms with Crippen molar-refractivity contribution in [1.82, 2.24) is 0 Å². The van der Waals surface area contributed by atoms with E-state index in [2.05, 4.69) is 42.8 Å². The molecule has 1 heterocycles. The molecule has 0 fully saturated rings. The lowest BCUT2D eigenvalue weighted by molar-refractivity contribution is -0.704. The molecule has 0 radical (unpaired) electrons. The average molecular weight is 312 g/mol. The molecular weight excluding hydrogens is 278 g/mol. The van der Waals surface area contributed by atoms with Gasteiger partial charge in [0, 0.05) is 25.0 Å². The number of hydrogen-bond acceptors (Lipinski definition) is 0. The van der Waals surface area contributed by atoms with Crippen molar-refractivity contribution >= 4 is 0 Å². The molecule has 0 N–H and O–H groups in total. The van der Waals surface area contributed by atoms with E-state index in [4.69, 9.17) is 0 Å². The van der Waals surface area contributed by atoms with E-state index in [0.717, 1.165) is 0 Å². The van der Waals surface area contributed by atoms with Crippen molar-refractivity contribution in [3.63, 3.8) is 0 Å². The lowest BCUT2D eigenvalue weighted by Gasteiger charge is -2.04. The van der Waals surface area contributed by atoms with Gasteiger partial charge in [-0.15, -0.1) is 0 Å². The maximum atomic E-state index is 2.47. The molecule has 122 valence electrons. The summed E-state index contributed by atoms with van der Waals surface area (Å²) in [7, 11) is 0. The fraction of sp³-hybridized carbons (Fsp3) is 0.737. The number of halogens is 1. The first-order valence-electron chi connectivity index (χ1n) is 8.85. The van der Waals surface area contributed by atoms with E-state index in [1.807, 2.05) is 0 Å². The number of hydrogen-bond donors (Lipinski definition) is 0. The van der Waals surface area contributed by atoms with Crippen LogP contribution in [0.5, 0.6) is 0 Å². The lowest BCUT2D eigenvalue weighted by atomic mass is 10.1. The van der Waals surface area contributed by atoms with Crippen molar-refractivity contribution in [2.24, 2.45) is 0 Å². The van der Waals surface area contributed by atoms with Gasteiger partial charge in [-0.2, -0.15) is 0 Å². The molecule has 2 heteroatoms.